The van der Waals surface area contributed by atoms with Gasteiger partial charge in [-0.2, -0.15) is 0 Å². The molecule has 1 rings (SSSR count). The van der Waals surface area contributed by atoms with E-state index in [-0.39, 0.29) is 12.3 Å². The Morgan fingerprint density at radius 1 is 1.42 bits per heavy atom. The van der Waals surface area contributed by atoms with Gasteiger partial charge in [-0.1, -0.05) is 12.1 Å². The molecule has 0 aromatic heterocycles. The van der Waals surface area contributed by atoms with Crippen LogP contribution >= 0.6 is 0 Å². The third-order valence-corrected chi connectivity index (χ3v) is 2.01. The molecular formula is C11H13F3N2O3. The molecule has 2 amide bonds. The van der Waals surface area contributed by atoms with Crippen molar-refractivity contribution in [1.82, 2.24) is 5.32 Å². The van der Waals surface area contributed by atoms with Crippen LogP contribution < -0.4 is 15.4 Å². The summed E-state index contributed by atoms with van der Waals surface area (Å²) in [7, 11) is 0. The number of aliphatic hydroxyl groups is 1. The highest BCUT2D eigenvalue weighted by Crippen LogP contribution is 2.29. The predicted molar refractivity (Wildman–Crippen MR) is 61.8 cm³/mol. The number of hydrogen-bond donors (Lipinski definition) is 3. The zero-order valence-electron chi connectivity index (χ0n) is 9.99. The van der Waals surface area contributed by atoms with Gasteiger partial charge in [0, 0.05) is 0 Å². The largest absolute Gasteiger partial charge is 0.573 e. The Balaban J connectivity index is 2.75. The summed E-state index contributed by atoms with van der Waals surface area (Å²) in [5.41, 5.74) is -0.123. The van der Waals surface area contributed by atoms with Crippen molar-refractivity contribution in [3.8, 4) is 5.75 Å². The number of anilines is 1. The fourth-order valence-electron chi connectivity index (χ4n) is 1.21. The molecule has 3 N–H and O–H groups in total. The summed E-state index contributed by atoms with van der Waals surface area (Å²) in [6.45, 7) is 1.26. The molecule has 5 nitrogen and oxygen atoms in total. The first-order valence-electron chi connectivity index (χ1n) is 5.35. The molecule has 1 aromatic carbocycles. The Morgan fingerprint density at radius 3 is 2.63 bits per heavy atom. The Bertz CT molecular complexity index is 437. The van der Waals surface area contributed by atoms with Crippen LogP contribution in [0.25, 0.3) is 0 Å². The minimum atomic E-state index is -4.84. The number of hydrogen-bond acceptors (Lipinski definition) is 3. The Labute approximate surface area is 107 Å². The van der Waals surface area contributed by atoms with Gasteiger partial charge < -0.3 is 20.5 Å². The average Bonchev–Trinajstić information content (AvgIpc) is 2.29. The van der Waals surface area contributed by atoms with Crippen molar-refractivity contribution in [1.29, 1.82) is 0 Å². The highest BCUT2D eigenvalue weighted by Gasteiger charge is 2.32. The van der Waals surface area contributed by atoms with E-state index in [4.69, 9.17) is 5.11 Å². The lowest BCUT2D eigenvalue weighted by atomic mass is 10.3. The highest BCUT2D eigenvalue weighted by molar-refractivity contribution is 5.91. The number of aliphatic hydroxyl groups excluding tert-OH is 1. The summed E-state index contributed by atoms with van der Waals surface area (Å²) >= 11 is 0. The standard InChI is InChI=1S/C11H13F3N2O3/c1-7(6-17)15-10(18)16-8-4-2-3-5-9(8)19-11(12,13)14/h2-5,7,17H,6H2,1H3,(H2,15,16,18)/t7-/m1/s1. The van der Waals surface area contributed by atoms with Gasteiger partial charge in [-0.05, 0) is 19.1 Å². The normalized spacial score (nSPS) is 12.7. The molecule has 1 aromatic rings. The van der Waals surface area contributed by atoms with E-state index in [9.17, 15) is 18.0 Å². The molecule has 0 bridgehead atoms. The molecule has 106 valence electrons. The fourth-order valence-corrected chi connectivity index (χ4v) is 1.21. The second-order valence-corrected chi connectivity index (χ2v) is 3.73. The van der Waals surface area contributed by atoms with E-state index < -0.39 is 24.2 Å². The summed E-state index contributed by atoms with van der Waals surface area (Å²) < 4.78 is 40.2. The lowest BCUT2D eigenvalue weighted by molar-refractivity contribution is -0.274. The van der Waals surface area contributed by atoms with E-state index >= 15 is 0 Å². The van der Waals surface area contributed by atoms with Crippen LogP contribution in [0.2, 0.25) is 0 Å². The zero-order valence-corrected chi connectivity index (χ0v) is 9.99. The van der Waals surface area contributed by atoms with Crippen LogP contribution in [0.4, 0.5) is 23.7 Å². The van der Waals surface area contributed by atoms with Crippen LogP contribution in [0.5, 0.6) is 5.75 Å². The number of urea groups is 1. The van der Waals surface area contributed by atoms with E-state index in [0.29, 0.717) is 0 Å². The van der Waals surface area contributed by atoms with E-state index in [1.54, 1.807) is 0 Å². The highest BCUT2D eigenvalue weighted by atomic mass is 19.4. The number of para-hydroxylation sites is 2. The van der Waals surface area contributed by atoms with Crippen molar-refractivity contribution >= 4 is 11.7 Å². The topological polar surface area (TPSA) is 70.6 Å². The van der Waals surface area contributed by atoms with Crippen molar-refractivity contribution in [3.63, 3.8) is 0 Å². The summed E-state index contributed by atoms with van der Waals surface area (Å²) in [6, 6.07) is 3.90. The second-order valence-electron chi connectivity index (χ2n) is 3.73. The summed E-state index contributed by atoms with van der Waals surface area (Å²) in [6.07, 6.45) is -4.84. The lowest BCUT2D eigenvalue weighted by Crippen LogP contribution is -2.38. The number of ether oxygens (including phenoxy) is 1. The molecule has 0 heterocycles. The third kappa shape index (κ3) is 5.47. The quantitative estimate of drug-likeness (QED) is 0.789. The SMILES string of the molecule is C[C@H](CO)NC(=O)Nc1ccccc1OC(F)(F)F. The molecule has 8 heteroatoms. The van der Waals surface area contributed by atoms with Gasteiger partial charge in [-0.15, -0.1) is 13.2 Å². The molecule has 0 radical (unpaired) electrons. The monoisotopic (exact) mass is 278 g/mol. The first-order chi connectivity index (χ1) is 8.81. The van der Waals surface area contributed by atoms with Gasteiger partial charge in [0.2, 0.25) is 0 Å². The van der Waals surface area contributed by atoms with E-state index in [0.717, 1.165) is 6.07 Å². The molecule has 1 atom stereocenters. The van der Waals surface area contributed by atoms with Crippen molar-refractivity contribution in [2.24, 2.45) is 0 Å². The number of halogens is 3. The van der Waals surface area contributed by atoms with Gasteiger partial charge in [0.25, 0.3) is 0 Å². The van der Waals surface area contributed by atoms with Gasteiger partial charge >= 0.3 is 12.4 Å². The van der Waals surface area contributed by atoms with Crippen LogP contribution in [0.15, 0.2) is 24.3 Å². The summed E-state index contributed by atoms with van der Waals surface area (Å²) in [4.78, 5) is 11.4. The first-order valence-corrected chi connectivity index (χ1v) is 5.35. The predicted octanol–water partition coefficient (Wildman–Crippen LogP) is 2.09. The summed E-state index contributed by atoms with van der Waals surface area (Å²) in [5.74, 6) is -0.512. The molecule has 0 aliphatic rings. The van der Waals surface area contributed by atoms with Crippen LogP contribution in [-0.4, -0.2) is 30.1 Å². The second kappa shape index (κ2) is 6.28. The van der Waals surface area contributed by atoms with Crippen LogP contribution in [-0.2, 0) is 0 Å². The lowest BCUT2D eigenvalue weighted by Gasteiger charge is -2.15. The molecule has 0 fully saturated rings. The van der Waals surface area contributed by atoms with Gasteiger partial charge in [0.1, 0.15) is 0 Å². The number of amides is 2. The number of alkyl halides is 3. The number of nitrogens with one attached hydrogen (secondary N) is 2. The zero-order chi connectivity index (χ0) is 14.5. The average molecular weight is 278 g/mol. The first kappa shape index (κ1) is 15.1. The van der Waals surface area contributed by atoms with Gasteiger partial charge in [-0.3, -0.25) is 0 Å². The molecule has 19 heavy (non-hydrogen) atoms. The van der Waals surface area contributed by atoms with Crippen molar-refractivity contribution in [3.05, 3.63) is 24.3 Å². The smallest absolute Gasteiger partial charge is 0.404 e. The van der Waals surface area contributed by atoms with Gasteiger partial charge in [0.05, 0.1) is 18.3 Å². The Morgan fingerprint density at radius 2 is 2.05 bits per heavy atom. The number of rotatable bonds is 4. The van der Waals surface area contributed by atoms with Crippen molar-refractivity contribution in [2.75, 3.05) is 11.9 Å². The van der Waals surface area contributed by atoms with E-state index in [2.05, 4.69) is 15.4 Å². The van der Waals surface area contributed by atoms with E-state index in [1.807, 2.05) is 0 Å². The molecule has 0 saturated carbocycles. The van der Waals surface area contributed by atoms with Gasteiger partial charge in [-0.25, -0.2) is 4.79 Å². The van der Waals surface area contributed by atoms with Crippen LogP contribution in [0, 0.1) is 0 Å². The van der Waals surface area contributed by atoms with Gasteiger partial charge in [0.15, 0.2) is 5.75 Å². The third-order valence-electron chi connectivity index (χ3n) is 2.01. The molecule has 0 aliphatic heterocycles. The maximum Gasteiger partial charge on any atom is 0.573 e. The maximum atomic E-state index is 12.1. The molecule has 0 aliphatic carbocycles. The minimum Gasteiger partial charge on any atom is -0.404 e. The molecule has 0 saturated heterocycles. The van der Waals surface area contributed by atoms with Crippen molar-refractivity contribution in [2.45, 2.75) is 19.3 Å². The number of benzene rings is 1. The molecular weight excluding hydrogens is 265 g/mol. The summed E-state index contributed by atoms with van der Waals surface area (Å²) in [5, 5.41) is 13.3. The Hall–Kier alpha value is -1.96. The van der Waals surface area contributed by atoms with Crippen LogP contribution in [0.1, 0.15) is 6.92 Å². The van der Waals surface area contributed by atoms with Crippen LogP contribution in [0.3, 0.4) is 0 Å². The van der Waals surface area contributed by atoms with E-state index in [1.165, 1.54) is 25.1 Å². The van der Waals surface area contributed by atoms with Crippen molar-refractivity contribution < 1.29 is 27.8 Å². The minimum absolute atomic E-state index is 0.123. The maximum absolute atomic E-state index is 12.1. The fraction of sp³-hybridized carbons (Fsp3) is 0.364. The Kier molecular flexibility index (Phi) is 4.99. The number of carbonyl (C=O) groups is 1. The molecule has 0 unspecified atom stereocenters. The number of carbonyl (C=O) groups excluding carboxylic acids is 1. The molecule has 0 spiro atoms.